The van der Waals surface area contributed by atoms with Crippen LogP contribution in [-0.2, 0) is 0 Å². The van der Waals surface area contributed by atoms with Gasteiger partial charge in [-0.05, 0) is 49.8 Å². The fourth-order valence-corrected chi connectivity index (χ4v) is 2.71. The summed E-state index contributed by atoms with van der Waals surface area (Å²) >= 11 is 0. The molecule has 2 N–H and O–H groups in total. The summed E-state index contributed by atoms with van der Waals surface area (Å²) in [6.07, 6.45) is 4.92. The number of nitrogens with one attached hydrogen (secondary N) is 1. The minimum atomic E-state index is -0.865. The molecule has 1 saturated carbocycles. The summed E-state index contributed by atoms with van der Waals surface area (Å²) in [6, 6.07) is 5.78. The van der Waals surface area contributed by atoms with E-state index in [-0.39, 0.29) is 0 Å². The SMILES string of the molecule is CCC1CCC(Nc2cc(C(=O)O)ccc2C)C1. The van der Waals surface area contributed by atoms with Gasteiger partial charge in [-0.25, -0.2) is 4.79 Å². The maximum absolute atomic E-state index is 11.0. The van der Waals surface area contributed by atoms with E-state index in [0.717, 1.165) is 17.2 Å². The van der Waals surface area contributed by atoms with Crippen molar-refractivity contribution in [3.8, 4) is 0 Å². The van der Waals surface area contributed by atoms with E-state index in [1.165, 1.54) is 25.7 Å². The number of carboxylic acids is 1. The number of rotatable bonds is 4. The zero-order chi connectivity index (χ0) is 13.1. The average Bonchev–Trinajstić information content (AvgIpc) is 2.79. The highest BCUT2D eigenvalue weighted by Crippen LogP contribution is 2.31. The predicted molar refractivity (Wildman–Crippen MR) is 73.2 cm³/mol. The number of anilines is 1. The molecule has 0 spiro atoms. The summed E-state index contributed by atoms with van der Waals surface area (Å²) in [5.74, 6) is -0.0404. The van der Waals surface area contributed by atoms with Crippen LogP contribution in [0.2, 0.25) is 0 Å². The van der Waals surface area contributed by atoms with Crippen molar-refractivity contribution in [2.45, 2.75) is 45.6 Å². The lowest BCUT2D eigenvalue weighted by atomic mass is 10.0. The molecule has 0 bridgehead atoms. The monoisotopic (exact) mass is 247 g/mol. The maximum atomic E-state index is 11.0. The summed E-state index contributed by atoms with van der Waals surface area (Å²) in [7, 11) is 0. The van der Waals surface area contributed by atoms with Gasteiger partial charge in [-0.2, -0.15) is 0 Å². The number of carboxylic acid groups (broad SMARTS) is 1. The Kier molecular flexibility index (Phi) is 3.90. The van der Waals surface area contributed by atoms with E-state index < -0.39 is 5.97 Å². The van der Waals surface area contributed by atoms with Crippen molar-refractivity contribution in [1.82, 2.24) is 0 Å². The Morgan fingerprint density at radius 2 is 2.22 bits per heavy atom. The van der Waals surface area contributed by atoms with Crippen LogP contribution in [0.15, 0.2) is 18.2 Å². The summed E-state index contributed by atoms with van der Waals surface area (Å²) in [5, 5.41) is 12.5. The van der Waals surface area contributed by atoms with Crippen molar-refractivity contribution < 1.29 is 9.90 Å². The van der Waals surface area contributed by atoms with Gasteiger partial charge in [0.1, 0.15) is 0 Å². The molecule has 0 heterocycles. The average molecular weight is 247 g/mol. The number of benzene rings is 1. The standard InChI is InChI=1S/C15H21NO2/c1-3-11-5-7-13(8-11)16-14-9-12(15(17)18)6-4-10(14)2/h4,6,9,11,13,16H,3,5,7-8H2,1-2H3,(H,17,18). The molecule has 1 aliphatic carbocycles. The number of hydrogen-bond acceptors (Lipinski definition) is 2. The molecule has 2 unspecified atom stereocenters. The largest absolute Gasteiger partial charge is 0.478 e. The smallest absolute Gasteiger partial charge is 0.335 e. The highest BCUT2D eigenvalue weighted by atomic mass is 16.4. The Balaban J connectivity index is 2.09. The number of carbonyl (C=O) groups is 1. The zero-order valence-electron chi connectivity index (χ0n) is 11.1. The minimum Gasteiger partial charge on any atom is -0.478 e. The Morgan fingerprint density at radius 1 is 1.44 bits per heavy atom. The molecule has 1 aromatic carbocycles. The molecule has 0 amide bonds. The Morgan fingerprint density at radius 3 is 2.83 bits per heavy atom. The molecule has 1 aliphatic rings. The third-order valence-electron chi connectivity index (χ3n) is 3.96. The fourth-order valence-electron chi connectivity index (χ4n) is 2.71. The van der Waals surface area contributed by atoms with Crippen LogP contribution in [0, 0.1) is 12.8 Å². The first-order valence-corrected chi connectivity index (χ1v) is 6.70. The van der Waals surface area contributed by atoms with E-state index in [2.05, 4.69) is 12.2 Å². The molecule has 0 aliphatic heterocycles. The molecular formula is C15H21NO2. The second kappa shape index (κ2) is 5.42. The fraction of sp³-hybridized carbons (Fsp3) is 0.533. The van der Waals surface area contributed by atoms with Crippen molar-refractivity contribution in [3.05, 3.63) is 29.3 Å². The van der Waals surface area contributed by atoms with Crippen molar-refractivity contribution in [1.29, 1.82) is 0 Å². The lowest BCUT2D eigenvalue weighted by molar-refractivity contribution is 0.0697. The summed E-state index contributed by atoms with van der Waals surface area (Å²) in [5.41, 5.74) is 2.43. The molecular weight excluding hydrogens is 226 g/mol. The lowest BCUT2D eigenvalue weighted by Gasteiger charge is -2.17. The van der Waals surface area contributed by atoms with Gasteiger partial charge in [0.2, 0.25) is 0 Å². The van der Waals surface area contributed by atoms with Crippen LogP contribution >= 0.6 is 0 Å². The van der Waals surface area contributed by atoms with Gasteiger partial charge in [0, 0.05) is 11.7 Å². The minimum absolute atomic E-state index is 0.355. The van der Waals surface area contributed by atoms with E-state index >= 15 is 0 Å². The molecule has 3 nitrogen and oxygen atoms in total. The highest BCUT2D eigenvalue weighted by molar-refractivity contribution is 5.89. The normalized spacial score (nSPS) is 23.0. The number of aromatic carboxylic acids is 1. The van der Waals surface area contributed by atoms with E-state index in [4.69, 9.17) is 5.11 Å². The van der Waals surface area contributed by atoms with Crippen molar-refractivity contribution in [2.24, 2.45) is 5.92 Å². The quantitative estimate of drug-likeness (QED) is 0.853. The van der Waals surface area contributed by atoms with Gasteiger partial charge in [-0.1, -0.05) is 19.4 Å². The van der Waals surface area contributed by atoms with Crippen LogP contribution in [0.25, 0.3) is 0 Å². The summed E-state index contributed by atoms with van der Waals surface area (Å²) < 4.78 is 0. The van der Waals surface area contributed by atoms with E-state index in [9.17, 15) is 4.79 Å². The van der Waals surface area contributed by atoms with Crippen LogP contribution in [0.1, 0.15) is 48.5 Å². The second-order valence-corrected chi connectivity index (χ2v) is 5.26. The first-order valence-electron chi connectivity index (χ1n) is 6.70. The first kappa shape index (κ1) is 12.9. The van der Waals surface area contributed by atoms with Gasteiger partial charge in [-0.3, -0.25) is 0 Å². The van der Waals surface area contributed by atoms with Gasteiger partial charge >= 0.3 is 5.97 Å². The Bertz CT molecular complexity index is 442. The molecule has 0 radical (unpaired) electrons. The molecule has 0 aromatic heterocycles. The highest BCUT2D eigenvalue weighted by Gasteiger charge is 2.23. The summed E-state index contributed by atoms with van der Waals surface area (Å²) in [4.78, 5) is 11.0. The molecule has 1 fully saturated rings. The van der Waals surface area contributed by atoms with Crippen molar-refractivity contribution in [2.75, 3.05) is 5.32 Å². The second-order valence-electron chi connectivity index (χ2n) is 5.26. The van der Waals surface area contributed by atoms with Gasteiger partial charge in [0.25, 0.3) is 0 Å². The zero-order valence-corrected chi connectivity index (χ0v) is 11.1. The van der Waals surface area contributed by atoms with E-state index in [1.807, 2.05) is 13.0 Å². The van der Waals surface area contributed by atoms with Crippen LogP contribution in [0.3, 0.4) is 0 Å². The third-order valence-corrected chi connectivity index (χ3v) is 3.96. The Labute approximate surface area is 108 Å². The van der Waals surface area contributed by atoms with E-state index in [1.54, 1.807) is 12.1 Å². The topological polar surface area (TPSA) is 49.3 Å². The van der Waals surface area contributed by atoms with Crippen LogP contribution in [-0.4, -0.2) is 17.1 Å². The molecule has 2 atom stereocenters. The Hall–Kier alpha value is -1.51. The molecule has 2 rings (SSSR count). The van der Waals surface area contributed by atoms with E-state index in [0.29, 0.717) is 11.6 Å². The number of hydrogen-bond donors (Lipinski definition) is 2. The van der Waals surface area contributed by atoms with Gasteiger partial charge < -0.3 is 10.4 Å². The summed E-state index contributed by atoms with van der Waals surface area (Å²) in [6.45, 7) is 4.25. The van der Waals surface area contributed by atoms with Gasteiger partial charge in [-0.15, -0.1) is 0 Å². The molecule has 98 valence electrons. The van der Waals surface area contributed by atoms with Crippen LogP contribution < -0.4 is 5.32 Å². The number of aryl methyl sites for hydroxylation is 1. The van der Waals surface area contributed by atoms with Crippen LogP contribution in [0.4, 0.5) is 5.69 Å². The molecule has 0 saturated heterocycles. The van der Waals surface area contributed by atoms with Gasteiger partial charge in [0.05, 0.1) is 5.56 Å². The first-order chi connectivity index (χ1) is 8.60. The molecule has 3 heteroatoms. The molecule has 1 aromatic rings. The predicted octanol–water partition coefficient (Wildman–Crippen LogP) is 3.68. The maximum Gasteiger partial charge on any atom is 0.335 e. The third kappa shape index (κ3) is 2.84. The van der Waals surface area contributed by atoms with Gasteiger partial charge in [0.15, 0.2) is 0 Å². The van der Waals surface area contributed by atoms with Crippen LogP contribution in [0.5, 0.6) is 0 Å². The van der Waals surface area contributed by atoms with Crippen molar-refractivity contribution >= 4 is 11.7 Å². The van der Waals surface area contributed by atoms with Crippen molar-refractivity contribution in [3.63, 3.8) is 0 Å². The molecule has 18 heavy (non-hydrogen) atoms. The lowest BCUT2D eigenvalue weighted by Crippen LogP contribution is -2.16.